The minimum atomic E-state index is 0.0147. The molecule has 22 heavy (non-hydrogen) atoms. The summed E-state index contributed by atoms with van der Waals surface area (Å²) in [5, 5.41) is 0. The van der Waals surface area contributed by atoms with E-state index in [2.05, 4.69) is 11.9 Å². The third-order valence-electron chi connectivity index (χ3n) is 3.83. The second kappa shape index (κ2) is 6.60. The Morgan fingerprint density at radius 1 is 1.41 bits per heavy atom. The molecule has 2 aliphatic rings. The molecule has 0 spiro atoms. The summed E-state index contributed by atoms with van der Waals surface area (Å²) in [4.78, 5) is 19.1. The van der Waals surface area contributed by atoms with E-state index >= 15 is 0 Å². The molecule has 0 saturated carbocycles. The van der Waals surface area contributed by atoms with Gasteiger partial charge in [0.2, 0.25) is 0 Å². The highest BCUT2D eigenvalue weighted by Gasteiger charge is 2.32. The van der Waals surface area contributed by atoms with Crippen molar-refractivity contribution >= 4 is 29.6 Å². The van der Waals surface area contributed by atoms with E-state index in [4.69, 9.17) is 9.47 Å². The van der Waals surface area contributed by atoms with E-state index in [1.165, 1.54) is 0 Å². The number of rotatable bonds is 5. The summed E-state index contributed by atoms with van der Waals surface area (Å²) >= 11 is 1.75. The van der Waals surface area contributed by atoms with Crippen molar-refractivity contribution in [3.05, 3.63) is 17.7 Å². The zero-order valence-electron chi connectivity index (χ0n) is 12.9. The van der Waals surface area contributed by atoms with Crippen LogP contribution in [0.4, 0.5) is 5.69 Å². The Balaban J connectivity index is 1.95. The third-order valence-corrected chi connectivity index (χ3v) is 4.87. The Morgan fingerprint density at radius 2 is 2.27 bits per heavy atom. The number of carbonyl (C=O) groups excluding carboxylic acids is 1. The summed E-state index contributed by atoms with van der Waals surface area (Å²) in [6, 6.07) is 3.65. The zero-order chi connectivity index (χ0) is 15.5. The van der Waals surface area contributed by atoms with Crippen LogP contribution in [0, 0.1) is 0 Å². The molecule has 1 amide bonds. The molecule has 2 heterocycles. The predicted molar refractivity (Wildman–Crippen MR) is 88.8 cm³/mol. The number of unbranched alkanes of at least 4 members (excludes halogenated alkanes) is 1. The number of methoxy groups -OCH3 is 1. The molecule has 0 bridgehead atoms. The van der Waals surface area contributed by atoms with Crippen molar-refractivity contribution in [3.8, 4) is 11.5 Å². The van der Waals surface area contributed by atoms with Gasteiger partial charge in [-0.05, 0) is 12.5 Å². The first-order valence-corrected chi connectivity index (χ1v) is 8.67. The average molecular weight is 320 g/mol. The molecule has 1 atom stereocenters. The monoisotopic (exact) mass is 320 g/mol. The van der Waals surface area contributed by atoms with E-state index in [1.807, 2.05) is 17.2 Å². The lowest BCUT2D eigenvalue weighted by Crippen LogP contribution is -2.36. The van der Waals surface area contributed by atoms with Gasteiger partial charge in [0, 0.05) is 18.0 Å². The lowest BCUT2D eigenvalue weighted by molar-refractivity contribution is 0.0784. The highest BCUT2D eigenvalue weighted by molar-refractivity contribution is 7.99. The van der Waals surface area contributed by atoms with Crippen LogP contribution in [0.1, 0.15) is 30.1 Å². The van der Waals surface area contributed by atoms with E-state index < -0.39 is 0 Å². The van der Waals surface area contributed by atoms with Gasteiger partial charge in [0.1, 0.15) is 0 Å². The van der Waals surface area contributed by atoms with Gasteiger partial charge in [0.15, 0.2) is 11.5 Å². The topological polar surface area (TPSA) is 51.1 Å². The Labute approximate surface area is 134 Å². The summed E-state index contributed by atoms with van der Waals surface area (Å²) < 4.78 is 11.2. The van der Waals surface area contributed by atoms with Crippen molar-refractivity contribution in [2.24, 2.45) is 4.99 Å². The molecule has 0 N–H and O–H groups in total. The van der Waals surface area contributed by atoms with E-state index in [1.54, 1.807) is 24.9 Å². The lowest BCUT2D eigenvalue weighted by atomic mass is 10.1. The van der Waals surface area contributed by atoms with Crippen LogP contribution in [0.2, 0.25) is 0 Å². The van der Waals surface area contributed by atoms with E-state index in [9.17, 15) is 4.79 Å². The molecular formula is C16H20N2O3S. The fourth-order valence-electron chi connectivity index (χ4n) is 2.54. The Hall–Kier alpha value is -1.69. The summed E-state index contributed by atoms with van der Waals surface area (Å²) in [6.45, 7) is 2.75. The number of thioether (sulfide) groups is 1. The summed E-state index contributed by atoms with van der Waals surface area (Å²) in [5.74, 6) is 2.87. The Morgan fingerprint density at radius 3 is 3.05 bits per heavy atom. The van der Waals surface area contributed by atoms with E-state index in [0.717, 1.165) is 18.6 Å². The van der Waals surface area contributed by atoms with Crippen molar-refractivity contribution in [1.82, 2.24) is 4.90 Å². The van der Waals surface area contributed by atoms with Gasteiger partial charge in [0.05, 0.1) is 36.9 Å². The van der Waals surface area contributed by atoms with Crippen LogP contribution in [0.25, 0.3) is 0 Å². The molecule has 118 valence electrons. The van der Waals surface area contributed by atoms with Crippen LogP contribution in [0.15, 0.2) is 17.1 Å². The first kappa shape index (κ1) is 15.2. The zero-order valence-corrected chi connectivity index (χ0v) is 13.7. The summed E-state index contributed by atoms with van der Waals surface area (Å²) in [6.07, 6.45) is 3.92. The van der Waals surface area contributed by atoms with E-state index in [-0.39, 0.29) is 11.9 Å². The number of carbonyl (C=O) groups is 1. The van der Waals surface area contributed by atoms with Gasteiger partial charge in [-0.1, -0.05) is 13.3 Å². The van der Waals surface area contributed by atoms with Crippen LogP contribution in [-0.4, -0.2) is 48.4 Å². The smallest absolute Gasteiger partial charge is 0.257 e. The maximum absolute atomic E-state index is 12.7. The molecule has 0 unspecified atom stereocenters. The summed E-state index contributed by atoms with van der Waals surface area (Å²) in [5.41, 5.74) is 1.25. The number of fused-ring (bicyclic) bond motifs is 2. The molecular weight excluding hydrogens is 300 g/mol. The molecule has 0 aromatic heterocycles. The highest BCUT2D eigenvalue weighted by atomic mass is 32.2. The number of aliphatic imine (C=N–C) groups is 1. The molecule has 5 nitrogen and oxygen atoms in total. The number of hydrogen-bond donors (Lipinski definition) is 0. The standard InChI is InChI=1S/C16H20N2O3S/c1-3-4-5-21-15-7-13-12(6-14(15)20-2)16(19)18-10-22-9-11(18)8-17-13/h6-8,11H,3-5,9-10H2,1-2H3/t11-/m1/s1. The van der Waals surface area contributed by atoms with Crippen LogP contribution in [0.5, 0.6) is 11.5 Å². The van der Waals surface area contributed by atoms with Gasteiger partial charge in [0.25, 0.3) is 5.91 Å². The number of hydrogen-bond acceptors (Lipinski definition) is 5. The first-order chi connectivity index (χ1) is 10.7. The molecule has 6 heteroatoms. The third kappa shape index (κ3) is 2.79. The fraction of sp³-hybridized carbons (Fsp3) is 0.500. The van der Waals surface area contributed by atoms with Gasteiger partial charge in [-0.25, -0.2) is 0 Å². The van der Waals surface area contributed by atoms with Gasteiger partial charge in [-0.15, -0.1) is 11.8 Å². The second-order valence-electron chi connectivity index (χ2n) is 5.34. The van der Waals surface area contributed by atoms with Crippen molar-refractivity contribution in [1.29, 1.82) is 0 Å². The minimum absolute atomic E-state index is 0.0147. The largest absolute Gasteiger partial charge is 0.493 e. The van der Waals surface area contributed by atoms with Gasteiger partial charge in [-0.3, -0.25) is 9.79 Å². The van der Waals surface area contributed by atoms with Gasteiger partial charge in [-0.2, -0.15) is 0 Å². The number of ether oxygens (including phenoxy) is 2. The molecule has 3 rings (SSSR count). The molecule has 0 aliphatic carbocycles. The maximum Gasteiger partial charge on any atom is 0.257 e. The number of amides is 1. The SMILES string of the molecule is CCCCOc1cc2c(cc1OC)C(=O)N1CSC[C@H]1C=N2. The van der Waals surface area contributed by atoms with Gasteiger partial charge < -0.3 is 14.4 Å². The molecule has 1 aromatic rings. The van der Waals surface area contributed by atoms with Crippen molar-refractivity contribution in [3.63, 3.8) is 0 Å². The van der Waals surface area contributed by atoms with Crippen molar-refractivity contribution < 1.29 is 14.3 Å². The van der Waals surface area contributed by atoms with E-state index in [0.29, 0.717) is 35.2 Å². The normalized spacial score (nSPS) is 19.6. The van der Waals surface area contributed by atoms with Crippen molar-refractivity contribution in [2.45, 2.75) is 25.8 Å². The number of benzene rings is 1. The molecule has 2 aliphatic heterocycles. The fourth-order valence-corrected chi connectivity index (χ4v) is 3.66. The van der Waals surface area contributed by atoms with Crippen LogP contribution in [-0.2, 0) is 0 Å². The first-order valence-electron chi connectivity index (χ1n) is 7.52. The van der Waals surface area contributed by atoms with Crippen LogP contribution in [0.3, 0.4) is 0 Å². The molecule has 0 radical (unpaired) electrons. The molecule has 1 fully saturated rings. The average Bonchev–Trinajstić information content (AvgIpc) is 2.96. The second-order valence-corrected chi connectivity index (χ2v) is 6.34. The van der Waals surface area contributed by atoms with Crippen LogP contribution < -0.4 is 9.47 Å². The maximum atomic E-state index is 12.7. The Bertz CT molecular complexity index is 603. The highest BCUT2D eigenvalue weighted by Crippen LogP contribution is 2.38. The molecule has 1 aromatic carbocycles. The Kier molecular flexibility index (Phi) is 4.57. The minimum Gasteiger partial charge on any atom is -0.493 e. The molecule has 1 saturated heterocycles. The number of nitrogens with zero attached hydrogens (tertiary/aromatic N) is 2. The van der Waals surface area contributed by atoms with Crippen LogP contribution >= 0.6 is 11.8 Å². The predicted octanol–water partition coefficient (Wildman–Crippen LogP) is 3.11. The summed E-state index contributed by atoms with van der Waals surface area (Å²) in [7, 11) is 1.59. The lowest BCUT2D eigenvalue weighted by Gasteiger charge is -2.19. The van der Waals surface area contributed by atoms with Crippen molar-refractivity contribution in [2.75, 3.05) is 25.3 Å². The van der Waals surface area contributed by atoms with Gasteiger partial charge >= 0.3 is 0 Å². The quantitative estimate of drug-likeness (QED) is 0.782.